The first kappa shape index (κ1) is 12.0. The van der Waals surface area contributed by atoms with E-state index in [2.05, 4.69) is 10.3 Å². The number of nitrogen functional groups attached to an aromatic ring is 1. The monoisotopic (exact) mass is 271 g/mol. The molecular weight excluding hydrogens is 264 g/mol. The lowest BCUT2D eigenvalue weighted by Crippen LogP contribution is -1.96. The van der Waals surface area contributed by atoms with Gasteiger partial charge < -0.3 is 11.1 Å². The molecule has 0 atom stereocenters. The van der Waals surface area contributed by atoms with E-state index in [0.29, 0.717) is 17.2 Å². The van der Waals surface area contributed by atoms with Gasteiger partial charge in [0.25, 0.3) is 0 Å². The van der Waals surface area contributed by atoms with E-state index in [4.69, 9.17) is 28.9 Å². The van der Waals surface area contributed by atoms with Crippen LogP contribution in [-0.2, 0) is 0 Å². The maximum absolute atomic E-state index is 13.2. The number of halogens is 3. The van der Waals surface area contributed by atoms with Crippen LogP contribution in [0.2, 0.25) is 10.2 Å². The van der Waals surface area contributed by atoms with Crippen molar-refractivity contribution in [3.05, 3.63) is 46.3 Å². The number of nitrogens with two attached hydrogens (primary N) is 1. The summed E-state index contributed by atoms with van der Waals surface area (Å²) in [6, 6.07) is 7.46. The molecule has 0 radical (unpaired) electrons. The van der Waals surface area contributed by atoms with Crippen LogP contribution in [0.1, 0.15) is 0 Å². The summed E-state index contributed by atoms with van der Waals surface area (Å²) >= 11 is 11.3. The highest BCUT2D eigenvalue weighted by Gasteiger charge is 2.03. The molecule has 1 aromatic carbocycles. The van der Waals surface area contributed by atoms with Gasteiger partial charge in [0, 0.05) is 17.4 Å². The quantitative estimate of drug-likeness (QED) is 0.816. The van der Waals surface area contributed by atoms with Gasteiger partial charge >= 0.3 is 0 Å². The molecule has 2 aromatic rings. The van der Waals surface area contributed by atoms with E-state index >= 15 is 0 Å². The molecule has 2 rings (SSSR count). The fourth-order valence-electron chi connectivity index (χ4n) is 1.30. The number of rotatable bonds is 2. The zero-order valence-electron chi connectivity index (χ0n) is 8.55. The van der Waals surface area contributed by atoms with Gasteiger partial charge in [-0.2, -0.15) is 0 Å². The summed E-state index contributed by atoms with van der Waals surface area (Å²) in [5, 5.41) is 3.21. The van der Waals surface area contributed by atoms with Gasteiger partial charge in [-0.1, -0.05) is 23.2 Å². The third-order valence-corrected chi connectivity index (χ3v) is 2.51. The molecule has 6 heteroatoms. The molecule has 3 nitrogen and oxygen atoms in total. The number of anilines is 3. The SMILES string of the molecule is Nc1cc(Cl)nc(Nc2ccc(Cl)c(F)c2)c1. The van der Waals surface area contributed by atoms with Crippen molar-refractivity contribution in [3.8, 4) is 0 Å². The van der Waals surface area contributed by atoms with Crippen LogP contribution in [0, 0.1) is 5.82 Å². The summed E-state index contributed by atoms with van der Waals surface area (Å²) < 4.78 is 13.2. The summed E-state index contributed by atoms with van der Waals surface area (Å²) in [6.07, 6.45) is 0. The Hall–Kier alpha value is -1.52. The Morgan fingerprint density at radius 2 is 1.94 bits per heavy atom. The number of nitrogens with one attached hydrogen (secondary N) is 1. The molecule has 3 N–H and O–H groups in total. The maximum Gasteiger partial charge on any atom is 0.143 e. The highest BCUT2D eigenvalue weighted by molar-refractivity contribution is 6.30. The molecule has 0 saturated carbocycles. The number of aromatic nitrogens is 1. The van der Waals surface area contributed by atoms with Crippen molar-refractivity contribution in [2.75, 3.05) is 11.1 Å². The molecule has 0 aliphatic carbocycles. The summed E-state index contributed by atoms with van der Waals surface area (Å²) in [4.78, 5) is 4.00. The van der Waals surface area contributed by atoms with Crippen LogP contribution in [0.3, 0.4) is 0 Å². The van der Waals surface area contributed by atoms with E-state index in [0.717, 1.165) is 0 Å². The van der Waals surface area contributed by atoms with Gasteiger partial charge in [0.1, 0.15) is 16.8 Å². The minimum Gasteiger partial charge on any atom is -0.399 e. The first-order valence-corrected chi connectivity index (χ1v) is 5.45. The zero-order chi connectivity index (χ0) is 12.4. The predicted octanol–water partition coefficient (Wildman–Crippen LogP) is 3.85. The van der Waals surface area contributed by atoms with E-state index in [1.807, 2.05) is 0 Å². The van der Waals surface area contributed by atoms with Crippen LogP contribution in [0.4, 0.5) is 21.6 Å². The molecule has 0 fully saturated rings. The third kappa shape index (κ3) is 2.99. The van der Waals surface area contributed by atoms with Crippen LogP contribution in [-0.4, -0.2) is 4.98 Å². The molecule has 0 aliphatic heterocycles. The highest BCUT2D eigenvalue weighted by Crippen LogP contribution is 2.23. The highest BCUT2D eigenvalue weighted by atomic mass is 35.5. The zero-order valence-corrected chi connectivity index (χ0v) is 10.1. The first-order chi connectivity index (χ1) is 8.04. The Balaban J connectivity index is 2.28. The van der Waals surface area contributed by atoms with E-state index in [9.17, 15) is 4.39 Å². The number of nitrogens with zero attached hydrogens (tertiary/aromatic N) is 1. The summed E-state index contributed by atoms with van der Waals surface area (Å²) in [5.74, 6) is -0.0663. The second-order valence-corrected chi connectivity index (χ2v) is 4.16. The van der Waals surface area contributed by atoms with Crippen molar-refractivity contribution < 1.29 is 4.39 Å². The van der Waals surface area contributed by atoms with Crippen LogP contribution < -0.4 is 11.1 Å². The van der Waals surface area contributed by atoms with Gasteiger partial charge in [0.15, 0.2) is 0 Å². The van der Waals surface area contributed by atoms with Crippen LogP contribution >= 0.6 is 23.2 Å². The lowest BCUT2D eigenvalue weighted by Gasteiger charge is -2.07. The molecule has 1 heterocycles. The fourth-order valence-corrected chi connectivity index (χ4v) is 1.64. The molecule has 0 aliphatic rings. The number of pyridine rings is 1. The second kappa shape index (κ2) is 4.77. The van der Waals surface area contributed by atoms with Crippen molar-refractivity contribution in [1.29, 1.82) is 0 Å². The van der Waals surface area contributed by atoms with Gasteiger partial charge in [-0.25, -0.2) is 9.37 Å². The topological polar surface area (TPSA) is 50.9 Å². The van der Waals surface area contributed by atoms with Crippen molar-refractivity contribution in [3.63, 3.8) is 0 Å². The van der Waals surface area contributed by atoms with Crippen molar-refractivity contribution >= 4 is 40.4 Å². The molecule has 0 amide bonds. The Morgan fingerprint density at radius 1 is 1.18 bits per heavy atom. The van der Waals surface area contributed by atoms with Crippen molar-refractivity contribution in [2.24, 2.45) is 0 Å². The van der Waals surface area contributed by atoms with E-state index < -0.39 is 5.82 Å². The van der Waals surface area contributed by atoms with E-state index in [1.54, 1.807) is 12.1 Å². The smallest absolute Gasteiger partial charge is 0.143 e. The summed E-state index contributed by atoms with van der Waals surface area (Å²) in [7, 11) is 0. The molecule has 17 heavy (non-hydrogen) atoms. The molecule has 0 unspecified atom stereocenters. The van der Waals surface area contributed by atoms with Gasteiger partial charge in [0.2, 0.25) is 0 Å². The summed E-state index contributed by atoms with van der Waals surface area (Å²) in [5.41, 5.74) is 6.60. The summed E-state index contributed by atoms with van der Waals surface area (Å²) in [6.45, 7) is 0. The minimum atomic E-state index is -0.508. The van der Waals surface area contributed by atoms with Gasteiger partial charge in [-0.3, -0.25) is 0 Å². The van der Waals surface area contributed by atoms with Crippen LogP contribution in [0.5, 0.6) is 0 Å². The predicted molar refractivity (Wildman–Crippen MR) is 68.4 cm³/mol. The average Bonchev–Trinajstić information content (AvgIpc) is 2.22. The average molecular weight is 272 g/mol. The molecule has 88 valence electrons. The van der Waals surface area contributed by atoms with Crippen LogP contribution in [0.25, 0.3) is 0 Å². The molecule has 0 saturated heterocycles. The molecule has 0 bridgehead atoms. The van der Waals surface area contributed by atoms with Crippen LogP contribution in [0.15, 0.2) is 30.3 Å². The Morgan fingerprint density at radius 3 is 2.59 bits per heavy atom. The normalized spacial score (nSPS) is 10.3. The van der Waals surface area contributed by atoms with Gasteiger partial charge in [0.05, 0.1) is 5.02 Å². The van der Waals surface area contributed by atoms with E-state index in [1.165, 1.54) is 18.2 Å². The minimum absolute atomic E-state index is 0.0640. The second-order valence-electron chi connectivity index (χ2n) is 3.36. The largest absolute Gasteiger partial charge is 0.399 e. The lowest BCUT2D eigenvalue weighted by molar-refractivity contribution is 0.629. The molecule has 1 aromatic heterocycles. The Kier molecular flexibility index (Phi) is 3.36. The fraction of sp³-hybridized carbons (Fsp3) is 0. The molecular formula is C11H8Cl2FN3. The van der Waals surface area contributed by atoms with Crippen molar-refractivity contribution in [1.82, 2.24) is 4.98 Å². The Bertz CT molecular complexity index is 540. The number of hydrogen-bond donors (Lipinski definition) is 2. The standard InChI is InChI=1S/C11H8Cl2FN3/c12-8-2-1-7(5-9(8)14)16-11-4-6(15)3-10(13)17-11/h1-5H,(H3,15,16,17). The third-order valence-electron chi connectivity index (χ3n) is 2.01. The van der Waals surface area contributed by atoms with Crippen molar-refractivity contribution in [2.45, 2.75) is 0 Å². The van der Waals surface area contributed by atoms with Gasteiger partial charge in [-0.15, -0.1) is 0 Å². The molecule has 0 spiro atoms. The number of hydrogen-bond acceptors (Lipinski definition) is 3. The lowest BCUT2D eigenvalue weighted by atomic mass is 10.3. The van der Waals surface area contributed by atoms with Gasteiger partial charge in [-0.05, 0) is 24.3 Å². The Labute approximate surface area is 107 Å². The number of benzene rings is 1. The van der Waals surface area contributed by atoms with E-state index in [-0.39, 0.29) is 10.2 Å². The maximum atomic E-state index is 13.2. The first-order valence-electron chi connectivity index (χ1n) is 4.70.